The van der Waals surface area contributed by atoms with E-state index in [0.717, 1.165) is 17.7 Å². The smallest absolute Gasteiger partial charge is 0.325 e. The number of halogens is 1. The minimum atomic E-state index is -0.874. The number of para-hydroxylation sites is 1. The van der Waals surface area contributed by atoms with Crippen molar-refractivity contribution in [3.8, 4) is 0 Å². The normalized spacial score (nSPS) is 25.8. The highest BCUT2D eigenvalue weighted by molar-refractivity contribution is 6.09. The van der Waals surface area contributed by atoms with E-state index in [1.807, 2.05) is 4.90 Å². The molecule has 4 amide bonds. The van der Waals surface area contributed by atoms with Crippen LogP contribution in [-0.2, 0) is 9.59 Å². The van der Waals surface area contributed by atoms with Crippen LogP contribution < -0.4 is 10.2 Å². The van der Waals surface area contributed by atoms with Gasteiger partial charge in [0.25, 0.3) is 5.91 Å². The topological polar surface area (TPSA) is 73.0 Å². The molecule has 2 heterocycles. The van der Waals surface area contributed by atoms with E-state index in [1.165, 1.54) is 6.07 Å². The molecule has 0 aromatic heterocycles. The molecular formula is C19H23FN4O3. The Kier molecular flexibility index (Phi) is 4.28. The molecule has 0 radical (unpaired) electrons. The van der Waals surface area contributed by atoms with Crippen LogP contribution >= 0.6 is 0 Å². The number of piperazine rings is 1. The molecule has 1 atom stereocenters. The predicted molar refractivity (Wildman–Crippen MR) is 96.6 cm³/mol. The third kappa shape index (κ3) is 3.13. The van der Waals surface area contributed by atoms with E-state index in [4.69, 9.17) is 0 Å². The lowest BCUT2D eigenvalue weighted by Gasteiger charge is -2.36. The van der Waals surface area contributed by atoms with Crippen LogP contribution in [0.4, 0.5) is 14.9 Å². The van der Waals surface area contributed by atoms with Gasteiger partial charge in [-0.3, -0.25) is 14.5 Å². The second-order valence-electron chi connectivity index (χ2n) is 7.62. The Morgan fingerprint density at radius 2 is 1.85 bits per heavy atom. The van der Waals surface area contributed by atoms with E-state index >= 15 is 0 Å². The number of hydrogen-bond donors (Lipinski definition) is 1. The van der Waals surface area contributed by atoms with Gasteiger partial charge in [0.1, 0.15) is 17.9 Å². The molecule has 2 aliphatic heterocycles. The summed E-state index contributed by atoms with van der Waals surface area (Å²) in [4.78, 5) is 42.0. The maximum Gasteiger partial charge on any atom is 0.325 e. The summed E-state index contributed by atoms with van der Waals surface area (Å²) in [6, 6.07) is 6.07. The van der Waals surface area contributed by atoms with Crippen molar-refractivity contribution in [3.63, 3.8) is 0 Å². The summed E-state index contributed by atoms with van der Waals surface area (Å²) in [5.74, 6) is -0.686. The first-order valence-electron chi connectivity index (χ1n) is 9.31. The van der Waals surface area contributed by atoms with E-state index in [9.17, 15) is 18.8 Å². The minimum absolute atomic E-state index is 0.165. The van der Waals surface area contributed by atoms with Crippen molar-refractivity contribution in [2.75, 3.05) is 37.6 Å². The summed E-state index contributed by atoms with van der Waals surface area (Å²) in [5.41, 5.74) is -0.347. The summed E-state index contributed by atoms with van der Waals surface area (Å²) in [7, 11) is 0. The minimum Gasteiger partial charge on any atom is -0.366 e. The highest BCUT2D eigenvalue weighted by atomic mass is 19.1. The van der Waals surface area contributed by atoms with Crippen LogP contribution in [-0.4, -0.2) is 65.9 Å². The molecule has 144 valence electrons. The average Bonchev–Trinajstić information content (AvgIpc) is 3.48. The molecule has 1 unspecified atom stereocenters. The van der Waals surface area contributed by atoms with Crippen LogP contribution in [0.2, 0.25) is 0 Å². The standard InChI is InChI=1S/C19H23FN4O3/c1-19(13-6-7-13)17(26)24(18(27)21-19)12-16(25)23-10-8-22(9-11-23)15-5-3-2-4-14(15)20/h2-5,13H,6-12H2,1H3,(H,21,27). The predicted octanol–water partition coefficient (Wildman–Crippen LogP) is 1.19. The summed E-state index contributed by atoms with van der Waals surface area (Å²) < 4.78 is 13.9. The Balaban J connectivity index is 1.35. The van der Waals surface area contributed by atoms with Gasteiger partial charge >= 0.3 is 6.03 Å². The van der Waals surface area contributed by atoms with E-state index in [0.29, 0.717) is 31.9 Å². The molecule has 1 saturated carbocycles. The van der Waals surface area contributed by atoms with Crippen LogP contribution in [0.1, 0.15) is 19.8 Å². The fourth-order valence-electron chi connectivity index (χ4n) is 3.94. The Morgan fingerprint density at radius 1 is 1.19 bits per heavy atom. The number of benzene rings is 1. The van der Waals surface area contributed by atoms with Gasteiger partial charge in [0.2, 0.25) is 5.91 Å². The number of rotatable bonds is 4. The van der Waals surface area contributed by atoms with Gasteiger partial charge < -0.3 is 15.1 Å². The van der Waals surface area contributed by atoms with Gasteiger partial charge in [-0.25, -0.2) is 9.18 Å². The summed E-state index contributed by atoms with van der Waals surface area (Å²) in [5, 5.41) is 2.75. The fourth-order valence-corrected chi connectivity index (χ4v) is 3.94. The quantitative estimate of drug-likeness (QED) is 0.804. The number of hydrogen-bond acceptors (Lipinski definition) is 4. The van der Waals surface area contributed by atoms with E-state index < -0.39 is 11.6 Å². The summed E-state index contributed by atoms with van der Waals surface area (Å²) >= 11 is 0. The van der Waals surface area contributed by atoms with Crippen LogP contribution in [0, 0.1) is 11.7 Å². The van der Waals surface area contributed by atoms with Gasteiger partial charge in [-0.15, -0.1) is 0 Å². The van der Waals surface area contributed by atoms with Crippen molar-refractivity contribution in [1.82, 2.24) is 15.1 Å². The molecule has 1 aliphatic carbocycles. The van der Waals surface area contributed by atoms with Gasteiger partial charge in [0.15, 0.2) is 0 Å². The van der Waals surface area contributed by atoms with Crippen molar-refractivity contribution in [2.45, 2.75) is 25.3 Å². The zero-order chi connectivity index (χ0) is 19.2. The number of anilines is 1. The fraction of sp³-hybridized carbons (Fsp3) is 0.526. The second-order valence-corrected chi connectivity index (χ2v) is 7.62. The lowest BCUT2D eigenvalue weighted by molar-refractivity contribution is -0.139. The SMILES string of the molecule is CC1(C2CC2)NC(=O)N(CC(=O)N2CCN(c3ccccc3F)CC2)C1=O. The first-order chi connectivity index (χ1) is 12.9. The van der Waals surface area contributed by atoms with E-state index in [1.54, 1.807) is 30.0 Å². The number of nitrogens with one attached hydrogen (secondary N) is 1. The van der Waals surface area contributed by atoms with E-state index in [-0.39, 0.29) is 30.1 Å². The number of carbonyl (C=O) groups excluding carboxylic acids is 3. The van der Waals surface area contributed by atoms with Gasteiger partial charge in [-0.1, -0.05) is 12.1 Å². The number of urea groups is 1. The summed E-state index contributed by atoms with van der Waals surface area (Å²) in [6.07, 6.45) is 1.84. The van der Waals surface area contributed by atoms with E-state index in [2.05, 4.69) is 5.32 Å². The molecule has 27 heavy (non-hydrogen) atoms. The number of nitrogens with zero attached hydrogens (tertiary/aromatic N) is 3. The Bertz CT molecular complexity index is 789. The van der Waals surface area contributed by atoms with Crippen molar-refractivity contribution >= 4 is 23.5 Å². The van der Waals surface area contributed by atoms with Crippen LogP contribution in [0.15, 0.2) is 24.3 Å². The third-order valence-corrected chi connectivity index (χ3v) is 5.81. The molecule has 0 spiro atoms. The molecule has 1 N–H and O–H groups in total. The van der Waals surface area contributed by atoms with Gasteiger partial charge in [-0.05, 0) is 37.8 Å². The second kappa shape index (κ2) is 6.51. The molecule has 2 saturated heterocycles. The lowest BCUT2D eigenvalue weighted by Crippen LogP contribution is -2.52. The van der Waals surface area contributed by atoms with Gasteiger partial charge in [0, 0.05) is 26.2 Å². The highest BCUT2D eigenvalue weighted by Gasteiger charge is 2.56. The molecule has 8 heteroatoms. The Hall–Kier alpha value is -2.64. The highest BCUT2D eigenvalue weighted by Crippen LogP contribution is 2.42. The first-order valence-corrected chi connectivity index (χ1v) is 9.31. The van der Waals surface area contributed by atoms with Gasteiger partial charge in [-0.2, -0.15) is 0 Å². The monoisotopic (exact) mass is 374 g/mol. The van der Waals surface area contributed by atoms with Crippen molar-refractivity contribution in [3.05, 3.63) is 30.1 Å². The van der Waals surface area contributed by atoms with Gasteiger partial charge in [0.05, 0.1) is 5.69 Å². The maximum absolute atomic E-state index is 13.9. The molecule has 1 aromatic rings. The zero-order valence-electron chi connectivity index (χ0n) is 15.3. The molecule has 3 aliphatic rings. The number of imide groups is 1. The maximum atomic E-state index is 13.9. The Morgan fingerprint density at radius 3 is 2.48 bits per heavy atom. The Labute approximate surface area is 157 Å². The lowest BCUT2D eigenvalue weighted by atomic mass is 9.96. The zero-order valence-corrected chi connectivity index (χ0v) is 15.3. The molecule has 7 nitrogen and oxygen atoms in total. The molecule has 4 rings (SSSR count). The van der Waals surface area contributed by atoms with Crippen LogP contribution in [0.3, 0.4) is 0 Å². The van der Waals surface area contributed by atoms with Crippen LogP contribution in [0.5, 0.6) is 0 Å². The first kappa shape index (κ1) is 17.8. The molecule has 3 fully saturated rings. The largest absolute Gasteiger partial charge is 0.366 e. The average molecular weight is 374 g/mol. The van der Waals surface area contributed by atoms with Crippen molar-refractivity contribution < 1.29 is 18.8 Å². The van der Waals surface area contributed by atoms with Crippen molar-refractivity contribution in [1.29, 1.82) is 0 Å². The van der Waals surface area contributed by atoms with Crippen molar-refractivity contribution in [2.24, 2.45) is 5.92 Å². The third-order valence-electron chi connectivity index (χ3n) is 5.81. The number of amides is 4. The summed E-state index contributed by atoms with van der Waals surface area (Å²) in [6.45, 7) is 3.36. The van der Waals surface area contributed by atoms with Crippen LogP contribution in [0.25, 0.3) is 0 Å². The number of carbonyl (C=O) groups is 3. The molecule has 1 aromatic carbocycles. The molecular weight excluding hydrogens is 351 g/mol. The molecule has 0 bridgehead atoms.